The molecule has 0 rings (SSSR count). The van der Waals surface area contributed by atoms with Gasteiger partial charge in [0, 0.05) is 6.04 Å². The zero-order valence-electron chi connectivity index (χ0n) is 7.22. The van der Waals surface area contributed by atoms with Crippen molar-refractivity contribution in [3.8, 4) is 0 Å². The Hall–Kier alpha value is -0.0800. The van der Waals surface area contributed by atoms with Crippen LogP contribution in [0.25, 0.3) is 0 Å². The molecule has 10 heavy (non-hydrogen) atoms. The average molecular weight is 145 g/mol. The van der Waals surface area contributed by atoms with E-state index in [1.165, 1.54) is 6.42 Å². The van der Waals surface area contributed by atoms with Crippen molar-refractivity contribution in [3.63, 3.8) is 0 Å². The van der Waals surface area contributed by atoms with Crippen molar-refractivity contribution < 1.29 is 5.11 Å². The molecular weight excluding hydrogens is 126 g/mol. The van der Waals surface area contributed by atoms with Crippen LogP contribution in [0.3, 0.4) is 0 Å². The van der Waals surface area contributed by atoms with Crippen LogP contribution in [0.1, 0.15) is 27.2 Å². The summed E-state index contributed by atoms with van der Waals surface area (Å²) in [4.78, 5) is 0. The Kier molecular flexibility index (Phi) is 5.64. The van der Waals surface area contributed by atoms with Gasteiger partial charge in [-0.15, -0.1) is 0 Å². The number of hydrogen-bond donors (Lipinski definition) is 2. The summed E-state index contributed by atoms with van der Waals surface area (Å²) in [6.45, 7) is 7.63. The molecule has 0 aromatic rings. The van der Waals surface area contributed by atoms with Gasteiger partial charge in [0.2, 0.25) is 0 Å². The number of aliphatic hydroxyl groups excluding tert-OH is 1. The summed E-state index contributed by atoms with van der Waals surface area (Å²) in [6.07, 6.45) is 1.18. The molecular formula is C8H19NO. The molecule has 0 aliphatic carbocycles. The van der Waals surface area contributed by atoms with E-state index in [1.54, 1.807) is 0 Å². The molecule has 0 heterocycles. The van der Waals surface area contributed by atoms with E-state index in [9.17, 15) is 0 Å². The minimum atomic E-state index is 0.234. The van der Waals surface area contributed by atoms with E-state index in [0.29, 0.717) is 0 Å². The lowest BCUT2D eigenvalue weighted by atomic mass is 10.1. The summed E-state index contributed by atoms with van der Waals surface area (Å²) < 4.78 is 0. The highest BCUT2D eigenvalue weighted by Crippen LogP contribution is 1.96. The second kappa shape index (κ2) is 5.69. The van der Waals surface area contributed by atoms with Gasteiger partial charge in [0.15, 0.2) is 0 Å². The van der Waals surface area contributed by atoms with Gasteiger partial charge in [-0.2, -0.15) is 0 Å². The standard InChI is InChI=1S/C8H19NO/c1-7(2)4-5-9-8(3)6-10/h7-10H,4-6H2,1-3H3/t8-/m0/s1. The molecule has 0 saturated carbocycles. The summed E-state index contributed by atoms with van der Waals surface area (Å²) in [5.74, 6) is 0.749. The third-order valence-electron chi connectivity index (χ3n) is 1.49. The van der Waals surface area contributed by atoms with Crippen molar-refractivity contribution >= 4 is 0 Å². The topological polar surface area (TPSA) is 32.3 Å². The highest BCUT2D eigenvalue weighted by atomic mass is 16.3. The number of aliphatic hydroxyl groups is 1. The fraction of sp³-hybridized carbons (Fsp3) is 1.00. The lowest BCUT2D eigenvalue weighted by molar-refractivity contribution is 0.250. The van der Waals surface area contributed by atoms with E-state index in [1.807, 2.05) is 6.92 Å². The molecule has 2 heteroatoms. The lowest BCUT2D eigenvalue weighted by Crippen LogP contribution is -2.30. The normalized spacial score (nSPS) is 14.1. The summed E-state index contributed by atoms with van der Waals surface area (Å²) in [5, 5.41) is 11.9. The Morgan fingerprint density at radius 2 is 1.90 bits per heavy atom. The molecule has 0 saturated heterocycles. The zero-order chi connectivity index (χ0) is 7.98. The van der Waals surface area contributed by atoms with Crippen molar-refractivity contribution in [2.75, 3.05) is 13.2 Å². The summed E-state index contributed by atoms with van der Waals surface area (Å²) in [6, 6.07) is 0.249. The first-order valence-corrected chi connectivity index (χ1v) is 4.01. The maximum absolute atomic E-state index is 8.64. The molecule has 0 aliphatic heterocycles. The minimum Gasteiger partial charge on any atom is -0.395 e. The molecule has 0 spiro atoms. The van der Waals surface area contributed by atoms with Crippen molar-refractivity contribution in [1.82, 2.24) is 5.32 Å². The number of hydrogen-bond acceptors (Lipinski definition) is 2. The van der Waals surface area contributed by atoms with Gasteiger partial charge in [-0.25, -0.2) is 0 Å². The highest BCUT2D eigenvalue weighted by Gasteiger charge is 1.98. The van der Waals surface area contributed by atoms with Gasteiger partial charge in [0.25, 0.3) is 0 Å². The van der Waals surface area contributed by atoms with E-state index in [-0.39, 0.29) is 12.6 Å². The second-order valence-corrected chi connectivity index (χ2v) is 3.22. The van der Waals surface area contributed by atoms with E-state index in [2.05, 4.69) is 19.2 Å². The largest absolute Gasteiger partial charge is 0.395 e. The van der Waals surface area contributed by atoms with Gasteiger partial charge in [0.1, 0.15) is 0 Å². The van der Waals surface area contributed by atoms with Gasteiger partial charge in [-0.3, -0.25) is 0 Å². The van der Waals surface area contributed by atoms with Crippen molar-refractivity contribution in [1.29, 1.82) is 0 Å². The predicted octanol–water partition coefficient (Wildman–Crippen LogP) is 1.00. The van der Waals surface area contributed by atoms with Gasteiger partial charge < -0.3 is 10.4 Å². The van der Waals surface area contributed by atoms with Gasteiger partial charge in [-0.05, 0) is 25.8 Å². The molecule has 0 radical (unpaired) electrons. The lowest BCUT2D eigenvalue weighted by Gasteiger charge is -2.11. The maximum atomic E-state index is 8.64. The van der Waals surface area contributed by atoms with Gasteiger partial charge in [-0.1, -0.05) is 13.8 Å². The Bertz CT molecular complexity index is 73.7. The SMILES string of the molecule is CC(C)CCN[C@@H](C)CO. The number of rotatable bonds is 5. The third-order valence-corrected chi connectivity index (χ3v) is 1.49. The Balaban J connectivity index is 3.03. The monoisotopic (exact) mass is 145 g/mol. The third kappa shape index (κ3) is 6.05. The molecule has 0 aromatic carbocycles. The van der Waals surface area contributed by atoms with E-state index in [4.69, 9.17) is 5.11 Å². The predicted molar refractivity (Wildman–Crippen MR) is 44.0 cm³/mol. The van der Waals surface area contributed by atoms with Crippen LogP contribution in [0.15, 0.2) is 0 Å². The van der Waals surface area contributed by atoms with E-state index >= 15 is 0 Å². The van der Waals surface area contributed by atoms with E-state index in [0.717, 1.165) is 12.5 Å². The van der Waals surface area contributed by atoms with Crippen LogP contribution in [-0.2, 0) is 0 Å². The molecule has 62 valence electrons. The average Bonchev–Trinajstić information content (AvgIpc) is 1.87. The van der Waals surface area contributed by atoms with Crippen molar-refractivity contribution in [3.05, 3.63) is 0 Å². The van der Waals surface area contributed by atoms with Crippen molar-refractivity contribution in [2.45, 2.75) is 33.2 Å². The smallest absolute Gasteiger partial charge is 0.0581 e. The molecule has 2 N–H and O–H groups in total. The summed E-state index contributed by atoms with van der Waals surface area (Å²) in [5.41, 5.74) is 0. The van der Waals surface area contributed by atoms with Crippen LogP contribution in [0.2, 0.25) is 0 Å². The van der Waals surface area contributed by atoms with Crippen LogP contribution in [0.4, 0.5) is 0 Å². The van der Waals surface area contributed by atoms with Gasteiger partial charge in [0.05, 0.1) is 6.61 Å². The highest BCUT2D eigenvalue weighted by molar-refractivity contribution is 4.58. The van der Waals surface area contributed by atoms with Crippen LogP contribution >= 0.6 is 0 Å². The molecule has 0 aliphatic rings. The zero-order valence-corrected chi connectivity index (χ0v) is 7.22. The van der Waals surface area contributed by atoms with Crippen LogP contribution in [0.5, 0.6) is 0 Å². The molecule has 0 aromatic heterocycles. The summed E-state index contributed by atoms with van der Waals surface area (Å²) >= 11 is 0. The first-order valence-electron chi connectivity index (χ1n) is 4.01. The molecule has 0 bridgehead atoms. The minimum absolute atomic E-state index is 0.234. The fourth-order valence-corrected chi connectivity index (χ4v) is 0.683. The molecule has 0 amide bonds. The Morgan fingerprint density at radius 3 is 2.30 bits per heavy atom. The Labute approximate surface area is 63.6 Å². The van der Waals surface area contributed by atoms with Crippen LogP contribution in [0, 0.1) is 5.92 Å². The van der Waals surface area contributed by atoms with E-state index < -0.39 is 0 Å². The first kappa shape index (κ1) is 9.92. The molecule has 0 unspecified atom stereocenters. The molecule has 1 atom stereocenters. The van der Waals surface area contributed by atoms with Crippen molar-refractivity contribution in [2.24, 2.45) is 5.92 Å². The fourth-order valence-electron chi connectivity index (χ4n) is 0.683. The number of nitrogens with one attached hydrogen (secondary N) is 1. The quantitative estimate of drug-likeness (QED) is 0.605. The first-order chi connectivity index (χ1) is 4.66. The molecule has 0 fully saturated rings. The van der Waals surface area contributed by atoms with Crippen LogP contribution < -0.4 is 5.32 Å². The maximum Gasteiger partial charge on any atom is 0.0581 e. The Morgan fingerprint density at radius 1 is 1.30 bits per heavy atom. The van der Waals surface area contributed by atoms with Crippen LogP contribution in [-0.4, -0.2) is 24.3 Å². The molecule has 2 nitrogen and oxygen atoms in total. The summed E-state index contributed by atoms with van der Waals surface area (Å²) in [7, 11) is 0. The van der Waals surface area contributed by atoms with Gasteiger partial charge >= 0.3 is 0 Å². The second-order valence-electron chi connectivity index (χ2n) is 3.22.